The number of rotatable bonds is 5. The van der Waals surface area contributed by atoms with Gasteiger partial charge >= 0.3 is 0 Å². The van der Waals surface area contributed by atoms with Crippen LogP contribution in [0.15, 0.2) is 22.8 Å². The average Bonchev–Trinajstić information content (AvgIpc) is 2.70. The molecule has 1 heterocycles. The number of furan rings is 1. The summed E-state index contributed by atoms with van der Waals surface area (Å²) in [6.07, 6.45) is 2.76. The lowest BCUT2D eigenvalue weighted by molar-refractivity contribution is -0.122. The highest BCUT2D eigenvalue weighted by Crippen LogP contribution is 2.12. The molecule has 1 rings (SSSR count). The fourth-order valence-electron chi connectivity index (χ4n) is 1.29. The number of hydrogen-bond donors (Lipinski definition) is 2. The third-order valence-corrected chi connectivity index (χ3v) is 2.32. The second-order valence-electron chi connectivity index (χ2n) is 3.68. The molecule has 3 N–H and O–H groups in total. The Morgan fingerprint density at radius 1 is 1.67 bits per heavy atom. The summed E-state index contributed by atoms with van der Waals surface area (Å²) in [7, 11) is 0. The maximum absolute atomic E-state index is 11.5. The number of nitrogens with one attached hydrogen (secondary N) is 1. The van der Waals surface area contributed by atoms with Crippen LogP contribution >= 0.6 is 0 Å². The van der Waals surface area contributed by atoms with Crippen molar-refractivity contribution in [1.29, 1.82) is 0 Å². The van der Waals surface area contributed by atoms with Crippen molar-refractivity contribution < 1.29 is 9.21 Å². The average molecular weight is 210 g/mol. The van der Waals surface area contributed by atoms with Gasteiger partial charge in [0.25, 0.3) is 0 Å². The third-order valence-electron chi connectivity index (χ3n) is 2.32. The van der Waals surface area contributed by atoms with Gasteiger partial charge in [0, 0.05) is 12.5 Å². The van der Waals surface area contributed by atoms with Crippen LogP contribution in [-0.2, 0) is 4.79 Å². The smallest absolute Gasteiger partial charge is 0.222 e. The summed E-state index contributed by atoms with van der Waals surface area (Å²) < 4.78 is 5.18. The van der Waals surface area contributed by atoms with Crippen molar-refractivity contribution in [3.05, 3.63) is 24.2 Å². The molecule has 2 atom stereocenters. The van der Waals surface area contributed by atoms with E-state index >= 15 is 0 Å². The largest absolute Gasteiger partial charge is 0.467 e. The fraction of sp³-hybridized carbons (Fsp3) is 0.545. The summed E-state index contributed by atoms with van der Waals surface area (Å²) in [6, 6.07) is 3.48. The minimum absolute atomic E-state index is 0.0340. The number of amides is 1. The Bertz CT molecular complexity index is 296. The predicted molar refractivity (Wildman–Crippen MR) is 58.1 cm³/mol. The van der Waals surface area contributed by atoms with Crippen LogP contribution in [0.4, 0.5) is 0 Å². The molecule has 0 fully saturated rings. The zero-order chi connectivity index (χ0) is 11.3. The zero-order valence-electron chi connectivity index (χ0n) is 9.19. The maximum Gasteiger partial charge on any atom is 0.222 e. The monoisotopic (exact) mass is 210 g/mol. The van der Waals surface area contributed by atoms with Crippen LogP contribution in [-0.4, -0.2) is 11.9 Å². The van der Waals surface area contributed by atoms with E-state index in [0.29, 0.717) is 6.42 Å². The highest BCUT2D eigenvalue weighted by Gasteiger charge is 2.13. The Morgan fingerprint density at radius 3 is 2.93 bits per heavy atom. The van der Waals surface area contributed by atoms with E-state index in [4.69, 9.17) is 10.2 Å². The quantitative estimate of drug-likeness (QED) is 0.775. The van der Waals surface area contributed by atoms with Crippen LogP contribution in [0, 0.1) is 0 Å². The number of nitrogens with two attached hydrogens (primary N) is 1. The van der Waals surface area contributed by atoms with Crippen LogP contribution in [0.2, 0.25) is 0 Å². The predicted octanol–water partition coefficient (Wildman–Crippen LogP) is 1.58. The van der Waals surface area contributed by atoms with Gasteiger partial charge in [-0.1, -0.05) is 6.92 Å². The first kappa shape index (κ1) is 11.8. The van der Waals surface area contributed by atoms with Crippen molar-refractivity contribution in [2.24, 2.45) is 5.73 Å². The summed E-state index contributed by atoms with van der Waals surface area (Å²) in [5.74, 6) is 0.724. The number of carbonyl (C=O) groups is 1. The van der Waals surface area contributed by atoms with E-state index in [9.17, 15) is 4.79 Å². The Labute approximate surface area is 89.8 Å². The molecule has 0 radical (unpaired) electrons. The van der Waals surface area contributed by atoms with Crippen molar-refractivity contribution in [2.75, 3.05) is 0 Å². The molecule has 15 heavy (non-hydrogen) atoms. The number of hydrogen-bond acceptors (Lipinski definition) is 3. The van der Waals surface area contributed by atoms with Crippen molar-refractivity contribution in [1.82, 2.24) is 5.32 Å². The lowest BCUT2D eigenvalue weighted by Crippen LogP contribution is -2.32. The molecular formula is C11H18N2O2. The van der Waals surface area contributed by atoms with E-state index in [2.05, 4.69) is 5.32 Å². The van der Waals surface area contributed by atoms with Gasteiger partial charge in [-0.25, -0.2) is 0 Å². The summed E-state index contributed by atoms with van der Waals surface area (Å²) in [5, 5.41) is 2.83. The molecule has 0 aliphatic rings. The van der Waals surface area contributed by atoms with Crippen LogP contribution in [0.5, 0.6) is 0 Å². The first-order chi connectivity index (χ1) is 7.13. The van der Waals surface area contributed by atoms with Gasteiger partial charge in [-0.15, -0.1) is 0 Å². The Morgan fingerprint density at radius 2 is 2.40 bits per heavy atom. The first-order valence-corrected chi connectivity index (χ1v) is 5.21. The van der Waals surface area contributed by atoms with E-state index in [-0.39, 0.29) is 18.0 Å². The molecule has 4 heteroatoms. The van der Waals surface area contributed by atoms with Gasteiger partial charge < -0.3 is 15.5 Å². The van der Waals surface area contributed by atoms with Crippen LogP contribution in [0.1, 0.15) is 38.5 Å². The minimum atomic E-state index is -0.100. The van der Waals surface area contributed by atoms with Crippen molar-refractivity contribution in [2.45, 2.75) is 38.8 Å². The van der Waals surface area contributed by atoms with Gasteiger partial charge in [-0.05, 0) is 25.5 Å². The molecule has 84 valence electrons. The molecule has 0 saturated carbocycles. The summed E-state index contributed by atoms with van der Waals surface area (Å²) in [5.41, 5.74) is 5.68. The van der Waals surface area contributed by atoms with Gasteiger partial charge in [0.1, 0.15) is 5.76 Å². The topological polar surface area (TPSA) is 68.3 Å². The van der Waals surface area contributed by atoms with Crippen molar-refractivity contribution in [3.63, 3.8) is 0 Å². The first-order valence-electron chi connectivity index (χ1n) is 5.21. The van der Waals surface area contributed by atoms with Crippen molar-refractivity contribution >= 4 is 5.91 Å². The molecule has 1 aromatic rings. The van der Waals surface area contributed by atoms with E-state index in [1.807, 2.05) is 19.9 Å². The maximum atomic E-state index is 11.5. The van der Waals surface area contributed by atoms with E-state index in [1.165, 1.54) is 0 Å². The highest BCUT2D eigenvalue weighted by molar-refractivity contribution is 5.76. The molecule has 0 bridgehead atoms. The van der Waals surface area contributed by atoms with Gasteiger partial charge in [-0.3, -0.25) is 4.79 Å². The molecule has 0 aliphatic carbocycles. The van der Waals surface area contributed by atoms with Crippen LogP contribution < -0.4 is 11.1 Å². The molecule has 0 saturated heterocycles. The molecule has 0 spiro atoms. The normalized spacial score (nSPS) is 14.6. The Balaban J connectivity index is 2.38. The SMILES string of the molecule is CCC(N)CC(=O)NC(C)c1ccco1. The second kappa shape index (κ2) is 5.56. The lowest BCUT2D eigenvalue weighted by Gasteiger charge is -2.13. The van der Waals surface area contributed by atoms with Gasteiger partial charge in [0.15, 0.2) is 0 Å². The van der Waals surface area contributed by atoms with E-state index in [0.717, 1.165) is 12.2 Å². The van der Waals surface area contributed by atoms with Crippen LogP contribution in [0.25, 0.3) is 0 Å². The molecule has 1 aromatic heterocycles. The molecule has 4 nitrogen and oxygen atoms in total. The lowest BCUT2D eigenvalue weighted by atomic mass is 10.1. The standard InChI is InChI=1S/C11H18N2O2/c1-3-9(12)7-11(14)13-8(2)10-5-4-6-15-10/h4-6,8-9H,3,7,12H2,1-2H3,(H,13,14). The molecule has 1 amide bonds. The minimum Gasteiger partial charge on any atom is -0.467 e. The van der Waals surface area contributed by atoms with Gasteiger partial charge in [0.2, 0.25) is 5.91 Å². The summed E-state index contributed by atoms with van der Waals surface area (Å²) in [6.45, 7) is 3.85. The van der Waals surface area contributed by atoms with E-state index < -0.39 is 0 Å². The summed E-state index contributed by atoms with van der Waals surface area (Å²) >= 11 is 0. The highest BCUT2D eigenvalue weighted by atomic mass is 16.3. The summed E-state index contributed by atoms with van der Waals surface area (Å²) in [4.78, 5) is 11.5. The van der Waals surface area contributed by atoms with Crippen LogP contribution in [0.3, 0.4) is 0 Å². The van der Waals surface area contributed by atoms with Crippen molar-refractivity contribution in [3.8, 4) is 0 Å². The van der Waals surface area contributed by atoms with E-state index in [1.54, 1.807) is 12.3 Å². The Kier molecular flexibility index (Phi) is 4.37. The second-order valence-corrected chi connectivity index (χ2v) is 3.68. The fourth-order valence-corrected chi connectivity index (χ4v) is 1.29. The van der Waals surface area contributed by atoms with Gasteiger partial charge in [0.05, 0.1) is 12.3 Å². The zero-order valence-corrected chi connectivity index (χ0v) is 9.19. The van der Waals surface area contributed by atoms with Gasteiger partial charge in [-0.2, -0.15) is 0 Å². The molecular weight excluding hydrogens is 192 g/mol. The molecule has 0 aliphatic heterocycles. The molecule has 0 aromatic carbocycles. The molecule has 2 unspecified atom stereocenters. The number of carbonyl (C=O) groups excluding carboxylic acids is 1. The third kappa shape index (κ3) is 3.75. The Hall–Kier alpha value is -1.29.